The molecule has 9 heavy (non-hydrogen) atoms. The highest BCUT2D eigenvalue weighted by Gasteiger charge is 2.11. The summed E-state index contributed by atoms with van der Waals surface area (Å²) in [6, 6.07) is 0.440. The highest BCUT2D eigenvalue weighted by atomic mass is 15.0. The second kappa shape index (κ2) is 2.82. The van der Waals surface area contributed by atoms with Crippen LogP contribution >= 0.6 is 0 Å². The normalized spacial score (nSPS) is 29.0. The van der Waals surface area contributed by atoms with Crippen LogP contribution in [0.25, 0.3) is 0 Å². The number of amidine groups is 1. The molecule has 0 aromatic heterocycles. The maximum atomic E-state index is 5.39. The van der Waals surface area contributed by atoms with Gasteiger partial charge in [0.1, 0.15) is 0 Å². The summed E-state index contributed by atoms with van der Waals surface area (Å²) in [7, 11) is 0. The van der Waals surface area contributed by atoms with Gasteiger partial charge in [-0.2, -0.15) is 0 Å². The molecule has 3 N–H and O–H groups in total. The Kier molecular flexibility index (Phi) is 2.05. The predicted octanol–water partition coefficient (Wildman–Crippen LogP) is -0.275. The van der Waals surface area contributed by atoms with E-state index in [2.05, 4.69) is 10.3 Å². The van der Waals surface area contributed by atoms with Crippen LogP contribution < -0.4 is 11.1 Å². The van der Waals surface area contributed by atoms with E-state index in [1.165, 1.54) is 0 Å². The summed E-state index contributed by atoms with van der Waals surface area (Å²) in [5.41, 5.74) is 5.39. The van der Waals surface area contributed by atoms with Gasteiger partial charge in [-0.1, -0.05) is 0 Å². The van der Waals surface area contributed by atoms with Crippen LogP contribution in [-0.4, -0.2) is 25.0 Å². The highest BCUT2D eigenvalue weighted by Crippen LogP contribution is 2.01. The zero-order chi connectivity index (χ0) is 6.69. The van der Waals surface area contributed by atoms with Crippen molar-refractivity contribution < 1.29 is 0 Å². The Balaban J connectivity index is 2.35. The van der Waals surface area contributed by atoms with Crippen molar-refractivity contribution in [3.63, 3.8) is 0 Å². The Morgan fingerprint density at radius 1 is 1.78 bits per heavy atom. The molecule has 0 bridgehead atoms. The monoisotopic (exact) mass is 127 g/mol. The second-order valence-electron chi connectivity index (χ2n) is 2.42. The Bertz CT molecular complexity index is 109. The minimum atomic E-state index is 0.440. The first kappa shape index (κ1) is 6.55. The van der Waals surface area contributed by atoms with Gasteiger partial charge >= 0.3 is 0 Å². The number of hydrogen-bond donors (Lipinski definition) is 2. The van der Waals surface area contributed by atoms with E-state index in [9.17, 15) is 0 Å². The van der Waals surface area contributed by atoms with Gasteiger partial charge in [0.05, 0.1) is 11.9 Å². The third-order valence-corrected chi connectivity index (χ3v) is 1.42. The molecule has 0 radical (unpaired) electrons. The molecule has 1 heterocycles. The Labute approximate surface area is 55.3 Å². The van der Waals surface area contributed by atoms with Crippen LogP contribution in [0, 0.1) is 0 Å². The minimum Gasteiger partial charge on any atom is -0.388 e. The van der Waals surface area contributed by atoms with E-state index in [1.807, 2.05) is 6.92 Å². The Hall–Kier alpha value is -0.570. The molecule has 3 heteroatoms. The van der Waals surface area contributed by atoms with Gasteiger partial charge in [-0.3, -0.25) is 4.99 Å². The predicted molar refractivity (Wildman–Crippen MR) is 38.6 cm³/mol. The highest BCUT2D eigenvalue weighted by molar-refractivity contribution is 5.77. The minimum absolute atomic E-state index is 0.440. The molecule has 0 amide bonds. The van der Waals surface area contributed by atoms with Crippen molar-refractivity contribution in [3.05, 3.63) is 0 Å². The van der Waals surface area contributed by atoms with Gasteiger partial charge in [-0.15, -0.1) is 0 Å². The van der Waals surface area contributed by atoms with Crippen LogP contribution in [0.1, 0.15) is 13.3 Å². The van der Waals surface area contributed by atoms with Gasteiger partial charge in [-0.25, -0.2) is 0 Å². The van der Waals surface area contributed by atoms with Crippen LogP contribution in [0.2, 0.25) is 0 Å². The molecule has 1 aliphatic heterocycles. The molecule has 1 fully saturated rings. The van der Waals surface area contributed by atoms with E-state index in [-0.39, 0.29) is 0 Å². The first-order valence-corrected chi connectivity index (χ1v) is 3.29. The quantitative estimate of drug-likeness (QED) is 0.376. The number of nitrogens with two attached hydrogens (primary N) is 1. The van der Waals surface area contributed by atoms with Gasteiger partial charge in [0.2, 0.25) is 0 Å². The van der Waals surface area contributed by atoms with Crippen molar-refractivity contribution in [1.29, 1.82) is 0 Å². The van der Waals surface area contributed by atoms with Crippen molar-refractivity contribution in [2.75, 3.05) is 13.1 Å². The molecule has 0 spiro atoms. The summed E-state index contributed by atoms with van der Waals surface area (Å²) in [5.74, 6) is 0.698. The van der Waals surface area contributed by atoms with E-state index in [1.54, 1.807) is 0 Å². The lowest BCUT2D eigenvalue weighted by atomic mass is 10.3. The van der Waals surface area contributed by atoms with Crippen molar-refractivity contribution >= 4 is 5.84 Å². The fourth-order valence-corrected chi connectivity index (χ4v) is 1.04. The van der Waals surface area contributed by atoms with Crippen LogP contribution in [0.15, 0.2) is 4.99 Å². The SMILES string of the molecule is CC(N)=N[C@H]1CCNC1. The Morgan fingerprint density at radius 3 is 3.00 bits per heavy atom. The smallest absolute Gasteiger partial charge is 0.0909 e. The molecule has 0 saturated carbocycles. The van der Waals surface area contributed by atoms with E-state index >= 15 is 0 Å². The first-order chi connectivity index (χ1) is 4.29. The number of nitrogens with zero attached hydrogens (tertiary/aromatic N) is 1. The Morgan fingerprint density at radius 2 is 2.56 bits per heavy atom. The molecule has 52 valence electrons. The lowest BCUT2D eigenvalue weighted by molar-refractivity contribution is 0.742. The molecular formula is C6H13N3. The maximum absolute atomic E-state index is 5.39. The first-order valence-electron chi connectivity index (χ1n) is 3.29. The topological polar surface area (TPSA) is 50.4 Å². The lowest BCUT2D eigenvalue weighted by Gasteiger charge is -1.99. The summed E-state index contributed by atoms with van der Waals surface area (Å²) in [4.78, 5) is 4.21. The fourth-order valence-electron chi connectivity index (χ4n) is 1.04. The molecule has 0 aromatic rings. The number of hydrogen-bond acceptors (Lipinski definition) is 2. The lowest BCUT2D eigenvalue weighted by Crippen LogP contribution is -2.15. The number of aliphatic imine (C=N–C) groups is 1. The second-order valence-corrected chi connectivity index (χ2v) is 2.42. The summed E-state index contributed by atoms with van der Waals surface area (Å²) in [6.45, 7) is 3.91. The largest absolute Gasteiger partial charge is 0.388 e. The van der Waals surface area contributed by atoms with Crippen LogP contribution in [0.5, 0.6) is 0 Å². The van der Waals surface area contributed by atoms with E-state index in [0.717, 1.165) is 19.5 Å². The summed E-state index contributed by atoms with van der Waals surface area (Å²) in [5, 5.41) is 3.22. The molecule has 3 nitrogen and oxygen atoms in total. The van der Waals surface area contributed by atoms with Crippen molar-refractivity contribution in [2.45, 2.75) is 19.4 Å². The maximum Gasteiger partial charge on any atom is 0.0909 e. The summed E-state index contributed by atoms with van der Waals surface area (Å²) >= 11 is 0. The molecule has 1 aliphatic rings. The van der Waals surface area contributed by atoms with Crippen molar-refractivity contribution in [3.8, 4) is 0 Å². The molecule has 1 saturated heterocycles. The van der Waals surface area contributed by atoms with Gasteiger partial charge in [0, 0.05) is 6.54 Å². The zero-order valence-corrected chi connectivity index (χ0v) is 5.72. The number of nitrogens with one attached hydrogen (secondary N) is 1. The van der Waals surface area contributed by atoms with Gasteiger partial charge < -0.3 is 11.1 Å². The number of rotatable bonds is 1. The van der Waals surface area contributed by atoms with E-state index in [0.29, 0.717) is 11.9 Å². The molecule has 0 aromatic carbocycles. The molecule has 1 rings (SSSR count). The molecule has 0 aliphatic carbocycles. The van der Waals surface area contributed by atoms with Crippen LogP contribution in [0.4, 0.5) is 0 Å². The molecular weight excluding hydrogens is 114 g/mol. The third-order valence-electron chi connectivity index (χ3n) is 1.42. The van der Waals surface area contributed by atoms with Gasteiger partial charge in [-0.05, 0) is 19.9 Å². The van der Waals surface area contributed by atoms with Crippen LogP contribution in [0.3, 0.4) is 0 Å². The van der Waals surface area contributed by atoms with Crippen molar-refractivity contribution in [1.82, 2.24) is 5.32 Å². The average molecular weight is 127 g/mol. The third kappa shape index (κ3) is 2.01. The summed E-state index contributed by atoms with van der Waals surface area (Å²) < 4.78 is 0. The van der Waals surface area contributed by atoms with Crippen molar-refractivity contribution in [2.24, 2.45) is 10.7 Å². The molecule has 0 unspecified atom stereocenters. The van der Waals surface area contributed by atoms with E-state index in [4.69, 9.17) is 5.73 Å². The standard InChI is InChI=1S/C6H13N3/c1-5(7)9-6-2-3-8-4-6/h6,8H,2-4H2,1H3,(H2,7,9)/t6-/m0/s1. The zero-order valence-electron chi connectivity index (χ0n) is 5.72. The fraction of sp³-hybridized carbons (Fsp3) is 0.833. The van der Waals surface area contributed by atoms with Crippen LogP contribution in [-0.2, 0) is 0 Å². The van der Waals surface area contributed by atoms with Gasteiger partial charge in [0.15, 0.2) is 0 Å². The van der Waals surface area contributed by atoms with Gasteiger partial charge in [0.25, 0.3) is 0 Å². The average Bonchev–Trinajstić information content (AvgIpc) is 2.15. The molecule has 1 atom stereocenters. The van der Waals surface area contributed by atoms with E-state index < -0.39 is 0 Å². The summed E-state index contributed by atoms with van der Waals surface area (Å²) in [6.07, 6.45) is 1.13.